The highest BCUT2D eigenvalue weighted by Gasteiger charge is 2.34. The normalized spacial score (nSPS) is 15.3. The Hall–Kier alpha value is -2.14. The average molecular weight is 284 g/mol. The zero-order chi connectivity index (χ0) is 14.8. The van der Waals surface area contributed by atoms with Crippen molar-refractivity contribution in [1.29, 1.82) is 0 Å². The lowest BCUT2D eigenvalue weighted by Crippen LogP contribution is -2.60. The van der Waals surface area contributed by atoms with Gasteiger partial charge in [-0.05, 0) is 30.8 Å². The van der Waals surface area contributed by atoms with Gasteiger partial charge in [-0.25, -0.2) is 0 Å². The van der Waals surface area contributed by atoms with Crippen molar-refractivity contribution in [3.8, 4) is 0 Å². The maximum atomic E-state index is 12.3. The maximum absolute atomic E-state index is 12.3. The fraction of sp³-hybridized carbons (Fsp3) is 0.375. The molecule has 1 amide bonds. The van der Waals surface area contributed by atoms with Crippen molar-refractivity contribution in [1.82, 2.24) is 19.4 Å². The molecule has 0 aromatic carbocycles. The van der Waals surface area contributed by atoms with Crippen LogP contribution in [0, 0.1) is 0 Å². The molecule has 0 aliphatic carbocycles. The van der Waals surface area contributed by atoms with Gasteiger partial charge in [0.2, 0.25) is 0 Å². The van der Waals surface area contributed by atoms with E-state index >= 15 is 0 Å². The molecule has 0 unspecified atom stereocenters. The lowest BCUT2D eigenvalue weighted by atomic mass is 10.1. The molecule has 2 aromatic rings. The van der Waals surface area contributed by atoms with E-state index in [0.717, 1.165) is 25.3 Å². The molecular formula is C16H20N4O. The predicted molar refractivity (Wildman–Crippen MR) is 80.8 cm³/mol. The number of carbonyl (C=O) groups excluding carboxylic acids is 1. The summed E-state index contributed by atoms with van der Waals surface area (Å²) in [6.45, 7) is 2.45. The molecule has 0 N–H and O–H groups in total. The molecular weight excluding hydrogens is 264 g/mol. The van der Waals surface area contributed by atoms with Crippen LogP contribution in [0.3, 0.4) is 0 Å². The van der Waals surface area contributed by atoms with E-state index in [0.29, 0.717) is 6.04 Å². The summed E-state index contributed by atoms with van der Waals surface area (Å²) in [6, 6.07) is 8.23. The zero-order valence-corrected chi connectivity index (χ0v) is 12.4. The van der Waals surface area contributed by atoms with Crippen molar-refractivity contribution in [2.75, 3.05) is 20.1 Å². The van der Waals surface area contributed by atoms with Gasteiger partial charge in [-0.15, -0.1) is 0 Å². The summed E-state index contributed by atoms with van der Waals surface area (Å²) < 4.78 is 1.87. The highest BCUT2D eigenvalue weighted by Crippen LogP contribution is 2.18. The van der Waals surface area contributed by atoms with Crippen LogP contribution in [0.2, 0.25) is 0 Å². The lowest BCUT2D eigenvalue weighted by molar-refractivity contribution is 0.0313. The lowest BCUT2D eigenvalue weighted by Gasteiger charge is -2.44. The fourth-order valence-corrected chi connectivity index (χ4v) is 2.65. The standard InChI is InChI=1S/C16H20N4O/c1-18-8-4-6-15(18)16(21)20-11-14(12-20)19(2)10-13-5-3-7-17-9-13/h3-9,14H,10-12H2,1-2H3. The number of hydrogen-bond acceptors (Lipinski definition) is 3. The van der Waals surface area contributed by atoms with Gasteiger partial charge in [-0.2, -0.15) is 0 Å². The van der Waals surface area contributed by atoms with E-state index < -0.39 is 0 Å². The zero-order valence-electron chi connectivity index (χ0n) is 12.4. The van der Waals surface area contributed by atoms with Gasteiger partial charge in [0.25, 0.3) is 5.91 Å². The van der Waals surface area contributed by atoms with Crippen LogP contribution in [0.15, 0.2) is 42.9 Å². The smallest absolute Gasteiger partial charge is 0.270 e. The first kappa shape index (κ1) is 13.8. The van der Waals surface area contributed by atoms with Crippen LogP contribution in [0.5, 0.6) is 0 Å². The number of amides is 1. The number of hydrogen-bond donors (Lipinski definition) is 0. The fourth-order valence-electron chi connectivity index (χ4n) is 2.65. The molecule has 0 bridgehead atoms. The Labute approximate surface area is 124 Å². The number of pyridine rings is 1. The third-order valence-corrected chi connectivity index (χ3v) is 4.09. The molecule has 2 aromatic heterocycles. The number of likely N-dealkylation sites (tertiary alicyclic amines) is 1. The average Bonchev–Trinajstić information content (AvgIpc) is 2.84. The minimum Gasteiger partial charge on any atom is -0.347 e. The molecule has 5 nitrogen and oxygen atoms in total. The summed E-state index contributed by atoms with van der Waals surface area (Å²) in [7, 11) is 4.00. The summed E-state index contributed by atoms with van der Waals surface area (Å²) in [5.74, 6) is 0.119. The van der Waals surface area contributed by atoms with E-state index in [1.165, 1.54) is 5.56 Å². The van der Waals surface area contributed by atoms with E-state index in [1.54, 1.807) is 6.20 Å². The largest absolute Gasteiger partial charge is 0.347 e. The van der Waals surface area contributed by atoms with Crippen molar-refractivity contribution in [2.24, 2.45) is 7.05 Å². The predicted octanol–water partition coefficient (Wildman–Crippen LogP) is 1.38. The molecule has 5 heteroatoms. The molecule has 0 atom stereocenters. The van der Waals surface area contributed by atoms with Crippen molar-refractivity contribution >= 4 is 5.91 Å². The number of aromatic nitrogens is 2. The monoisotopic (exact) mass is 284 g/mol. The van der Waals surface area contributed by atoms with Crippen LogP contribution in [0.4, 0.5) is 0 Å². The maximum Gasteiger partial charge on any atom is 0.270 e. The van der Waals surface area contributed by atoms with Crippen LogP contribution in [-0.2, 0) is 13.6 Å². The molecule has 110 valence electrons. The number of aryl methyl sites for hydroxylation is 1. The molecule has 0 radical (unpaired) electrons. The van der Waals surface area contributed by atoms with Crippen LogP contribution < -0.4 is 0 Å². The molecule has 0 saturated carbocycles. The minimum absolute atomic E-state index is 0.119. The Morgan fingerprint density at radius 1 is 1.38 bits per heavy atom. The summed E-state index contributed by atoms with van der Waals surface area (Å²) >= 11 is 0. The summed E-state index contributed by atoms with van der Waals surface area (Å²) in [4.78, 5) is 20.6. The van der Waals surface area contributed by atoms with Gasteiger partial charge < -0.3 is 9.47 Å². The van der Waals surface area contributed by atoms with Crippen LogP contribution in [-0.4, -0.2) is 51.4 Å². The van der Waals surface area contributed by atoms with Gasteiger partial charge in [-0.3, -0.25) is 14.7 Å². The van der Waals surface area contributed by atoms with Gasteiger partial charge in [-0.1, -0.05) is 6.07 Å². The summed E-state index contributed by atoms with van der Waals surface area (Å²) in [5.41, 5.74) is 1.95. The molecule has 1 saturated heterocycles. The first-order valence-electron chi connectivity index (χ1n) is 7.15. The van der Waals surface area contributed by atoms with E-state index in [1.807, 2.05) is 47.1 Å². The summed E-state index contributed by atoms with van der Waals surface area (Å²) in [6.07, 6.45) is 5.58. The van der Waals surface area contributed by atoms with Crippen molar-refractivity contribution in [2.45, 2.75) is 12.6 Å². The van der Waals surface area contributed by atoms with E-state index in [9.17, 15) is 4.79 Å². The topological polar surface area (TPSA) is 41.4 Å². The first-order chi connectivity index (χ1) is 10.1. The number of nitrogens with zero attached hydrogens (tertiary/aromatic N) is 4. The molecule has 3 rings (SSSR count). The van der Waals surface area contributed by atoms with Gasteiger partial charge in [0.15, 0.2) is 0 Å². The Kier molecular flexibility index (Phi) is 3.75. The molecule has 1 aliphatic heterocycles. The van der Waals surface area contributed by atoms with Gasteiger partial charge in [0.1, 0.15) is 5.69 Å². The van der Waals surface area contributed by atoms with Crippen molar-refractivity contribution < 1.29 is 4.79 Å². The first-order valence-corrected chi connectivity index (χ1v) is 7.15. The van der Waals surface area contributed by atoms with Gasteiger partial charge in [0.05, 0.1) is 0 Å². The second kappa shape index (κ2) is 5.69. The molecule has 0 spiro atoms. The SMILES string of the molecule is CN(Cc1cccnc1)C1CN(C(=O)c2cccn2C)C1. The molecule has 21 heavy (non-hydrogen) atoms. The molecule has 1 fully saturated rings. The third-order valence-electron chi connectivity index (χ3n) is 4.09. The summed E-state index contributed by atoms with van der Waals surface area (Å²) in [5, 5.41) is 0. The highest BCUT2D eigenvalue weighted by atomic mass is 16.2. The van der Waals surface area contributed by atoms with Crippen molar-refractivity contribution in [3.05, 3.63) is 54.1 Å². The van der Waals surface area contributed by atoms with Crippen LogP contribution in [0.25, 0.3) is 0 Å². The molecule has 1 aliphatic rings. The number of rotatable bonds is 4. The van der Waals surface area contributed by atoms with Gasteiger partial charge in [0, 0.05) is 51.3 Å². The van der Waals surface area contributed by atoms with Crippen LogP contribution in [0.1, 0.15) is 16.1 Å². The van der Waals surface area contributed by atoms with Crippen molar-refractivity contribution in [3.63, 3.8) is 0 Å². The number of carbonyl (C=O) groups is 1. The van der Waals surface area contributed by atoms with E-state index in [-0.39, 0.29) is 5.91 Å². The van der Waals surface area contributed by atoms with Crippen LogP contribution >= 0.6 is 0 Å². The third kappa shape index (κ3) is 2.83. The molecule has 3 heterocycles. The quantitative estimate of drug-likeness (QED) is 0.851. The number of likely N-dealkylation sites (N-methyl/N-ethyl adjacent to an activating group) is 1. The van der Waals surface area contributed by atoms with E-state index in [4.69, 9.17) is 0 Å². The Morgan fingerprint density at radius 2 is 2.19 bits per heavy atom. The second-order valence-corrected chi connectivity index (χ2v) is 5.64. The van der Waals surface area contributed by atoms with E-state index in [2.05, 4.69) is 23.0 Å². The Balaban J connectivity index is 1.54. The van der Waals surface area contributed by atoms with Gasteiger partial charge >= 0.3 is 0 Å². The Bertz CT molecular complexity index is 616. The minimum atomic E-state index is 0.119. The Morgan fingerprint density at radius 3 is 2.81 bits per heavy atom. The second-order valence-electron chi connectivity index (χ2n) is 5.64. The highest BCUT2D eigenvalue weighted by molar-refractivity contribution is 5.93.